The maximum Gasteiger partial charge on any atom is 0.333 e. The summed E-state index contributed by atoms with van der Waals surface area (Å²) in [6.45, 7) is -1.97. The smallest absolute Gasteiger partial charge is 0.333 e. The first-order chi connectivity index (χ1) is 8.68. The molecule has 0 aliphatic carbocycles. The molecule has 2 N–H and O–H groups in total. The van der Waals surface area contributed by atoms with Crippen LogP contribution in [0.25, 0.3) is 0 Å². The maximum absolute atomic E-state index is 12.5. The molecule has 1 aromatic heterocycles. The molecule has 19 heavy (non-hydrogen) atoms. The quantitative estimate of drug-likeness (QED) is 0.890. The monoisotopic (exact) mass is 289 g/mol. The molecule has 2 rings (SSSR count). The molecule has 0 aliphatic heterocycles. The second-order valence-electron chi connectivity index (χ2n) is 3.78. The van der Waals surface area contributed by atoms with E-state index in [9.17, 15) is 13.9 Å². The molecule has 1 heterocycles. The predicted molar refractivity (Wildman–Crippen MR) is 69.4 cm³/mol. The van der Waals surface area contributed by atoms with Gasteiger partial charge in [-0.25, -0.2) is 4.68 Å². The lowest BCUT2D eigenvalue weighted by Gasteiger charge is -2.08. The van der Waals surface area contributed by atoms with Gasteiger partial charge in [-0.1, -0.05) is 18.2 Å². The van der Waals surface area contributed by atoms with Gasteiger partial charge >= 0.3 is 6.55 Å². The Morgan fingerprint density at radius 1 is 1.21 bits per heavy atom. The Morgan fingerprint density at radius 3 is 2.63 bits per heavy atom. The van der Waals surface area contributed by atoms with Crippen LogP contribution in [0.2, 0.25) is 0 Å². The van der Waals surface area contributed by atoms with Gasteiger partial charge in [0.05, 0.1) is 5.69 Å². The van der Waals surface area contributed by atoms with E-state index in [1.165, 1.54) is 12.3 Å². The number of phenols is 1. The van der Waals surface area contributed by atoms with E-state index in [4.69, 9.17) is 0 Å². The summed E-state index contributed by atoms with van der Waals surface area (Å²) >= 11 is 0. The third-order valence-electron chi connectivity index (χ3n) is 2.55. The van der Waals surface area contributed by atoms with Crippen molar-refractivity contribution < 1.29 is 13.9 Å². The fourth-order valence-electron chi connectivity index (χ4n) is 1.64. The van der Waals surface area contributed by atoms with E-state index in [0.717, 1.165) is 5.56 Å². The minimum atomic E-state index is -2.64. The van der Waals surface area contributed by atoms with Gasteiger partial charge in [0, 0.05) is 24.8 Å². The first-order valence-electron chi connectivity index (χ1n) is 5.46. The molecule has 0 amide bonds. The number of nitrogens with one attached hydrogen (secondary N) is 1. The second kappa shape index (κ2) is 7.06. The highest BCUT2D eigenvalue weighted by atomic mass is 35.5. The van der Waals surface area contributed by atoms with Crippen molar-refractivity contribution in [2.24, 2.45) is 0 Å². The Balaban J connectivity index is 0.00000180. The number of phenolic OH excluding ortho intramolecular Hbond substituents is 1. The highest BCUT2D eigenvalue weighted by molar-refractivity contribution is 5.85. The second-order valence-corrected chi connectivity index (χ2v) is 3.78. The summed E-state index contributed by atoms with van der Waals surface area (Å²) in [6, 6.07) is 8.42. The van der Waals surface area contributed by atoms with Crippen LogP contribution in [0.5, 0.6) is 5.75 Å². The lowest BCUT2D eigenvalue weighted by atomic mass is 10.2. The van der Waals surface area contributed by atoms with Crippen molar-refractivity contribution in [2.45, 2.75) is 19.6 Å². The van der Waals surface area contributed by atoms with Crippen molar-refractivity contribution in [1.29, 1.82) is 0 Å². The van der Waals surface area contributed by atoms with Crippen molar-refractivity contribution in [2.75, 3.05) is 0 Å². The molecule has 0 saturated carbocycles. The van der Waals surface area contributed by atoms with Crippen LogP contribution in [0.15, 0.2) is 36.5 Å². The molecular weight excluding hydrogens is 276 g/mol. The molecule has 1 aromatic carbocycles. The van der Waals surface area contributed by atoms with Crippen LogP contribution in [0, 0.1) is 0 Å². The number of aromatic nitrogens is 2. The van der Waals surface area contributed by atoms with E-state index in [0.29, 0.717) is 16.9 Å². The summed E-state index contributed by atoms with van der Waals surface area (Å²) in [5.74, 6) is 0.187. The number of para-hydroxylation sites is 1. The molecule has 2 aromatic rings. The zero-order valence-corrected chi connectivity index (χ0v) is 10.8. The number of rotatable bonds is 5. The van der Waals surface area contributed by atoms with Gasteiger partial charge in [-0.05, 0) is 12.1 Å². The number of alkyl halides is 2. The van der Waals surface area contributed by atoms with Crippen molar-refractivity contribution >= 4 is 12.4 Å². The molecule has 0 bridgehead atoms. The topological polar surface area (TPSA) is 50.1 Å². The zero-order valence-electron chi connectivity index (χ0n) is 9.96. The van der Waals surface area contributed by atoms with Gasteiger partial charge in [0.2, 0.25) is 0 Å². The standard InChI is InChI=1S/C12H13F2N3O.ClH/c13-12(14)17-10(5-6-16-17)8-15-7-9-3-1-2-4-11(9)18;/h1-6,12,15,18H,7-8H2;1H. The van der Waals surface area contributed by atoms with E-state index in [-0.39, 0.29) is 24.7 Å². The Bertz CT molecular complexity index is 519. The normalized spacial score (nSPS) is 10.5. The molecule has 0 atom stereocenters. The van der Waals surface area contributed by atoms with Crippen LogP contribution in [0.3, 0.4) is 0 Å². The lowest BCUT2D eigenvalue weighted by Crippen LogP contribution is -2.16. The van der Waals surface area contributed by atoms with Crippen LogP contribution in [-0.2, 0) is 13.1 Å². The first-order valence-corrected chi connectivity index (χ1v) is 5.46. The average Bonchev–Trinajstić information content (AvgIpc) is 2.80. The molecular formula is C12H14ClF2N3O. The molecule has 0 saturated heterocycles. The van der Waals surface area contributed by atoms with E-state index >= 15 is 0 Å². The minimum Gasteiger partial charge on any atom is -0.508 e. The number of hydrogen-bond acceptors (Lipinski definition) is 3. The molecule has 0 radical (unpaired) electrons. The van der Waals surface area contributed by atoms with Crippen molar-refractivity contribution in [3.8, 4) is 5.75 Å². The largest absolute Gasteiger partial charge is 0.508 e. The Labute approximate surface area is 115 Å². The van der Waals surface area contributed by atoms with Crippen LogP contribution in [-0.4, -0.2) is 14.9 Å². The van der Waals surface area contributed by atoms with Gasteiger partial charge in [-0.15, -0.1) is 12.4 Å². The first kappa shape index (κ1) is 15.4. The zero-order chi connectivity index (χ0) is 13.0. The number of halogens is 3. The number of hydrogen-bond donors (Lipinski definition) is 2. The van der Waals surface area contributed by atoms with Crippen molar-refractivity contribution in [3.05, 3.63) is 47.8 Å². The van der Waals surface area contributed by atoms with Crippen LogP contribution in [0.4, 0.5) is 8.78 Å². The molecule has 0 spiro atoms. The van der Waals surface area contributed by atoms with Gasteiger partial charge < -0.3 is 10.4 Å². The molecule has 0 unspecified atom stereocenters. The van der Waals surface area contributed by atoms with Gasteiger partial charge in [-0.2, -0.15) is 13.9 Å². The van der Waals surface area contributed by atoms with E-state index in [1.807, 2.05) is 0 Å². The molecule has 7 heteroatoms. The number of benzene rings is 1. The van der Waals surface area contributed by atoms with Gasteiger partial charge in [-0.3, -0.25) is 0 Å². The lowest BCUT2D eigenvalue weighted by molar-refractivity contribution is 0.0531. The van der Waals surface area contributed by atoms with Gasteiger partial charge in [0.1, 0.15) is 5.75 Å². The van der Waals surface area contributed by atoms with Crippen molar-refractivity contribution in [3.63, 3.8) is 0 Å². The molecule has 4 nitrogen and oxygen atoms in total. The fourth-order valence-corrected chi connectivity index (χ4v) is 1.64. The summed E-state index contributed by atoms with van der Waals surface area (Å²) < 4.78 is 25.7. The number of aromatic hydroxyl groups is 1. The maximum atomic E-state index is 12.5. The molecule has 0 aliphatic rings. The van der Waals surface area contributed by atoms with Gasteiger partial charge in [0.15, 0.2) is 0 Å². The average molecular weight is 290 g/mol. The Morgan fingerprint density at radius 2 is 1.95 bits per heavy atom. The minimum absolute atomic E-state index is 0. The van der Waals surface area contributed by atoms with E-state index in [1.54, 1.807) is 24.3 Å². The third kappa shape index (κ3) is 3.90. The molecule has 0 fully saturated rings. The van der Waals surface area contributed by atoms with Crippen LogP contribution < -0.4 is 5.32 Å². The van der Waals surface area contributed by atoms with E-state index < -0.39 is 6.55 Å². The summed E-state index contributed by atoms with van der Waals surface area (Å²) in [5.41, 5.74) is 1.13. The summed E-state index contributed by atoms with van der Waals surface area (Å²) in [7, 11) is 0. The Hall–Kier alpha value is -1.66. The fraction of sp³-hybridized carbons (Fsp3) is 0.250. The Kier molecular flexibility index (Phi) is 5.72. The number of nitrogens with zero attached hydrogens (tertiary/aromatic N) is 2. The van der Waals surface area contributed by atoms with Gasteiger partial charge in [0.25, 0.3) is 0 Å². The van der Waals surface area contributed by atoms with Crippen molar-refractivity contribution in [1.82, 2.24) is 15.1 Å². The molecule has 104 valence electrons. The summed E-state index contributed by atoms with van der Waals surface area (Å²) in [5, 5.41) is 16.1. The van der Waals surface area contributed by atoms with Crippen LogP contribution >= 0.6 is 12.4 Å². The predicted octanol–water partition coefficient (Wildman–Crippen LogP) is 2.70. The SMILES string of the molecule is Cl.Oc1ccccc1CNCc1ccnn1C(F)F. The van der Waals surface area contributed by atoms with E-state index in [2.05, 4.69) is 10.4 Å². The highest BCUT2D eigenvalue weighted by Gasteiger charge is 2.10. The summed E-state index contributed by atoms with van der Waals surface area (Å²) in [6.07, 6.45) is 1.34. The summed E-state index contributed by atoms with van der Waals surface area (Å²) in [4.78, 5) is 0. The third-order valence-corrected chi connectivity index (χ3v) is 2.55. The van der Waals surface area contributed by atoms with Crippen LogP contribution in [0.1, 0.15) is 17.8 Å². The highest BCUT2D eigenvalue weighted by Crippen LogP contribution is 2.16.